The van der Waals surface area contributed by atoms with E-state index in [0.717, 1.165) is 12.1 Å². The zero-order valence-corrected chi connectivity index (χ0v) is 31.1. The number of halogens is 1. The van der Waals surface area contributed by atoms with Gasteiger partial charge in [0.15, 0.2) is 5.96 Å². The van der Waals surface area contributed by atoms with Crippen LogP contribution < -0.4 is 43.2 Å². The number of nitrogens with one attached hydrogen (secondary N) is 4. The van der Waals surface area contributed by atoms with Gasteiger partial charge in [0.25, 0.3) is 0 Å². The van der Waals surface area contributed by atoms with Crippen LogP contribution in [0.3, 0.4) is 0 Å². The lowest BCUT2D eigenvalue weighted by Gasteiger charge is -2.26. The predicted octanol–water partition coefficient (Wildman–Crippen LogP) is 0.645. The summed E-state index contributed by atoms with van der Waals surface area (Å²) >= 11 is 0. The first-order chi connectivity index (χ1) is 25.4. The van der Waals surface area contributed by atoms with Gasteiger partial charge in [-0.2, -0.15) is 0 Å². The van der Waals surface area contributed by atoms with Crippen molar-refractivity contribution >= 4 is 41.5 Å². The number of aliphatic imine (C=N–C) groups is 1. The minimum absolute atomic E-state index is 0.0551. The number of nitrogens with zero attached hydrogens (tertiary/aromatic N) is 1. The smallest absolute Gasteiger partial charge is 0.326 e. The normalized spacial score (nSPS) is 13.2. The van der Waals surface area contributed by atoms with Crippen molar-refractivity contribution in [2.75, 3.05) is 13.2 Å². The maximum absolute atomic E-state index is 13.7. The third kappa shape index (κ3) is 17.2. The number of amides is 5. The summed E-state index contributed by atoms with van der Waals surface area (Å²) in [6.07, 6.45) is -0.479. The van der Waals surface area contributed by atoms with E-state index in [4.69, 9.17) is 21.9 Å². The van der Waals surface area contributed by atoms with E-state index in [9.17, 15) is 38.3 Å². The number of hydrogen-bond acceptors (Lipinski definition) is 8. The third-order valence-corrected chi connectivity index (χ3v) is 7.81. The number of carboxylic acid groups (broad SMARTS) is 1. The van der Waals surface area contributed by atoms with E-state index < -0.39 is 71.9 Å². The molecule has 2 aromatic rings. The molecule has 11 N–H and O–H groups in total. The first-order valence-corrected chi connectivity index (χ1v) is 17.7. The Balaban J connectivity index is 2.22. The van der Waals surface area contributed by atoms with Gasteiger partial charge in [0, 0.05) is 13.0 Å². The molecule has 0 heterocycles. The van der Waals surface area contributed by atoms with Crippen LogP contribution in [0.1, 0.15) is 64.5 Å². The molecule has 0 aliphatic heterocycles. The number of benzene rings is 2. The molecule has 0 unspecified atom stereocenters. The Morgan fingerprint density at radius 1 is 0.741 bits per heavy atom. The van der Waals surface area contributed by atoms with Crippen molar-refractivity contribution in [2.24, 2.45) is 34.0 Å². The van der Waals surface area contributed by atoms with E-state index in [2.05, 4.69) is 26.3 Å². The van der Waals surface area contributed by atoms with Gasteiger partial charge in [-0.1, -0.05) is 52.0 Å². The Morgan fingerprint density at radius 2 is 1.30 bits per heavy atom. The summed E-state index contributed by atoms with van der Waals surface area (Å²) in [5, 5.41) is 19.8. The summed E-state index contributed by atoms with van der Waals surface area (Å²) in [4.78, 5) is 81.6. The van der Waals surface area contributed by atoms with Gasteiger partial charge >= 0.3 is 5.97 Å². The van der Waals surface area contributed by atoms with Crippen LogP contribution in [0.4, 0.5) is 4.39 Å². The Labute approximate surface area is 314 Å². The minimum Gasteiger partial charge on any atom is -0.493 e. The van der Waals surface area contributed by atoms with Gasteiger partial charge in [-0.05, 0) is 66.5 Å². The van der Waals surface area contributed by atoms with Crippen molar-refractivity contribution in [2.45, 2.75) is 90.4 Å². The summed E-state index contributed by atoms with van der Waals surface area (Å²) in [5.74, 6) is -5.26. The largest absolute Gasteiger partial charge is 0.493 e. The molecular weight excluding hydrogens is 703 g/mol. The van der Waals surface area contributed by atoms with Crippen molar-refractivity contribution in [3.05, 3.63) is 65.5 Å². The maximum Gasteiger partial charge on any atom is 0.326 e. The molecule has 0 fully saturated rings. The molecule has 0 bridgehead atoms. The number of carbonyl (C=O) groups excluding carboxylic acids is 5. The molecule has 2 rings (SSSR count). The predicted molar refractivity (Wildman–Crippen MR) is 199 cm³/mol. The average molecular weight is 757 g/mol. The standard InChI is InChI=1S/C37H53FN8O8/c1-21(2)16-28(34(50)45-29(19-31(39)47)35(51)46-30(36(52)53)17-23-7-11-25(38)12-8-23)44-33(49)27(6-5-15-42-37(40)41)43-32(48)18-24-9-13-26(14-10-24)54-20-22(3)4/h7-14,21-22,27-30H,5-6,15-20H2,1-4H3,(H2,39,47)(H,43,48)(H,44,49)(H,45,50)(H,46,51)(H,52,53)(H4,40,41,42)/t27-,28-,29-,30-/m0/s1. The Hall–Kier alpha value is -5.74. The first kappa shape index (κ1) is 44.4. The second-order valence-electron chi connectivity index (χ2n) is 13.7. The molecule has 5 amide bonds. The maximum atomic E-state index is 13.7. The highest BCUT2D eigenvalue weighted by atomic mass is 19.1. The van der Waals surface area contributed by atoms with Gasteiger partial charge in [0.05, 0.1) is 19.4 Å². The van der Waals surface area contributed by atoms with Crippen molar-refractivity contribution in [1.82, 2.24) is 21.3 Å². The first-order valence-electron chi connectivity index (χ1n) is 17.7. The van der Waals surface area contributed by atoms with Crippen LogP contribution in [-0.2, 0) is 41.6 Å². The monoisotopic (exact) mass is 756 g/mol. The van der Waals surface area contributed by atoms with E-state index in [0.29, 0.717) is 35.8 Å². The summed E-state index contributed by atoms with van der Waals surface area (Å²) in [5.41, 5.74) is 17.3. The Kier molecular flexibility index (Phi) is 18.4. The van der Waals surface area contributed by atoms with Gasteiger partial charge in [-0.25, -0.2) is 9.18 Å². The summed E-state index contributed by atoms with van der Waals surface area (Å²) in [6, 6.07) is 6.51. The number of nitrogens with two attached hydrogens (primary N) is 3. The molecule has 0 aliphatic rings. The fourth-order valence-electron chi connectivity index (χ4n) is 5.16. The summed E-state index contributed by atoms with van der Waals surface area (Å²) in [6.45, 7) is 8.34. The SMILES string of the molecule is CC(C)COc1ccc(CC(=O)N[C@@H](CCCN=C(N)N)C(=O)N[C@@H](CC(C)C)C(=O)N[C@@H](CC(N)=O)C(=O)N[C@@H](Cc2ccc(F)cc2)C(=O)O)cc1. The lowest BCUT2D eigenvalue weighted by molar-refractivity contribution is -0.142. The van der Waals surface area contributed by atoms with Crippen molar-refractivity contribution in [3.63, 3.8) is 0 Å². The molecule has 0 saturated heterocycles. The van der Waals surface area contributed by atoms with Crippen LogP contribution in [0.5, 0.6) is 5.75 Å². The Bertz CT molecular complexity index is 1600. The van der Waals surface area contributed by atoms with E-state index >= 15 is 0 Å². The van der Waals surface area contributed by atoms with Gasteiger partial charge in [0.2, 0.25) is 29.5 Å². The van der Waals surface area contributed by atoms with E-state index in [1.165, 1.54) is 12.1 Å². The van der Waals surface area contributed by atoms with E-state index in [-0.39, 0.29) is 44.1 Å². The van der Waals surface area contributed by atoms with Crippen LogP contribution in [0.2, 0.25) is 0 Å². The van der Waals surface area contributed by atoms with Crippen molar-refractivity contribution < 1.29 is 43.0 Å². The van der Waals surface area contributed by atoms with Crippen LogP contribution in [0.25, 0.3) is 0 Å². The quantitative estimate of drug-likeness (QED) is 0.0445. The fraction of sp³-hybridized carbons (Fsp3) is 0.486. The molecule has 0 aromatic heterocycles. The third-order valence-electron chi connectivity index (χ3n) is 7.81. The van der Waals surface area contributed by atoms with Crippen molar-refractivity contribution in [3.8, 4) is 5.75 Å². The van der Waals surface area contributed by atoms with Crippen LogP contribution in [0.15, 0.2) is 53.5 Å². The molecule has 17 heteroatoms. The number of ether oxygens (including phenoxy) is 1. The van der Waals surface area contributed by atoms with Gasteiger partial charge < -0.3 is 48.3 Å². The van der Waals surface area contributed by atoms with E-state index in [1.54, 1.807) is 38.1 Å². The molecule has 4 atom stereocenters. The molecule has 16 nitrogen and oxygen atoms in total. The number of carbonyl (C=O) groups is 6. The number of carboxylic acids is 1. The zero-order valence-electron chi connectivity index (χ0n) is 31.1. The number of rotatable bonds is 23. The molecular formula is C37H53FN8O8. The van der Waals surface area contributed by atoms with Crippen LogP contribution in [-0.4, -0.2) is 83.9 Å². The van der Waals surface area contributed by atoms with Gasteiger partial charge in [-0.15, -0.1) is 0 Å². The zero-order chi connectivity index (χ0) is 40.4. The summed E-state index contributed by atoms with van der Waals surface area (Å²) < 4.78 is 19.1. The van der Waals surface area contributed by atoms with Crippen LogP contribution >= 0.6 is 0 Å². The molecule has 54 heavy (non-hydrogen) atoms. The lowest BCUT2D eigenvalue weighted by atomic mass is 10.0. The molecule has 0 saturated carbocycles. The average Bonchev–Trinajstić information content (AvgIpc) is 3.08. The molecule has 2 aromatic carbocycles. The van der Waals surface area contributed by atoms with Gasteiger partial charge in [-0.3, -0.25) is 29.0 Å². The van der Waals surface area contributed by atoms with Crippen LogP contribution in [0, 0.1) is 17.7 Å². The fourth-order valence-corrected chi connectivity index (χ4v) is 5.16. The number of hydrogen-bond donors (Lipinski definition) is 8. The lowest BCUT2D eigenvalue weighted by Crippen LogP contribution is -2.58. The number of guanidine groups is 1. The molecule has 0 aliphatic carbocycles. The van der Waals surface area contributed by atoms with E-state index in [1.807, 2.05) is 13.8 Å². The Morgan fingerprint density at radius 3 is 1.85 bits per heavy atom. The number of primary amides is 1. The second kappa shape index (κ2) is 22.4. The molecule has 0 radical (unpaired) electrons. The topological polar surface area (TPSA) is 270 Å². The highest BCUT2D eigenvalue weighted by Gasteiger charge is 2.32. The van der Waals surface area contributed by atoms with Crippen molar-refractivity contribution in [1.29, 1.82) is 0 Å². The molecule has 296 valence electrons. The van der Waals surface area contributed by atoms with Gasteiger partial charge in [0.1, 0.15) is 35.7 Å². The second-order valence-corrected chi connectivity index (χ2v) is 13.7. The highest BCUT2D eigenvalue weighted by Crippen LogP contribution is 2.15. The highest BCUT2D eigenvalue weighted by molar-refractivity contribution is 5.96. The molecule has 0 spiro atoms. The number of aliphatic carboxylic acids is 1. The minimum atomic E-state index is -1.60. The summed E-state index contributed by atoms with van der Waals surface area (Å²) in [7, 11) is 0.